The molecular formula is C11H23N3S. The molecule has 0 spiro atoms. The Kier molecular flexibility index (Phi) is 4.75. The Labute approximate surface area is 97.6 Å². The van der Waals surface area contributed by atoms with Gasteiger partial charge in [-0.15, -0.1) is 0 Å². The van der Waals surface area contributed by atoms with Crippen LogP contribution in [-0.4, -0.2) is 73.7 Å². The van der Waals surface area contributed by atoms with Crippen LogP contribution >= 0.6 is 11.8 Å². The maximum atomic E-state index is 3.35. The molecular weight excluding hydrogens is 206 g/mol. The molecule has 2 fully saturated rings. The number of hydrogen-bond donors (Lipinski definition) is 1. The SMILES string of the molecule is CSCCCN1CCN(C2CNC2)CC1. The van der Waals surface area contributed by atoms with E-state index in [0.29, 0.717) is 0 Å². The fourth-order valence-electron chi connectivity index (χ4n) is 2.32. The van der Waals surface area contributed by atoms with E-state index in [1.807, 2.05) is 11.8 Å². The molecule has 4 heteroatoms. The molecule has 15 heavy (non-hydrogen) atoms. The van der Waals surface area contributed by atoms with E-state index < -0.39 is 0 Å². The van der Waals surface area contributed by atoms with E-state index in [-0.39, 0.29) is 0 Å². The second-order valence-corrected chi connectivity index (χ2v) is 5.52. The maximum absolute atomic E-state index is 3.35. The number of piperazine rings is 1. The van der Waals surface area contributed by atoms with Gasteiger partial charge in [-0.3, -0.25) is 4.90 Å². The van der Waals surface area contributed by atoms with Crippen LogP contribution in [0.25, 0.3) is 0 Å². The number of nitrogens with zero attached hydrogens (tertiary/aromatic N) is 2. The van der Waals surface area contributed by atoms with Crippen LogP contribution in [-0.2, 0) is 0 Å². The Balaban J connectivity index is 1.59. The zero-order valence-corrected chi connectivity index (χ0v) is 10.6. The molecule has 2 saturated heterocycles. The zero-order valence-electron chi connectivity index (χ0n) is 9.74. The van der Waals surface area contributed by atoms with E-state index in [1.54, 1.807) is 0 Å². The Morgan fingerprint density at radius 1 is 1.20 bits per heavy atom. The lowest BCUT2D eigenvalue weighted by molar-refractivity contribution is 0.0731. The van der Waals surface area contributed by atoms with E-state index in [0.717, 1.165) is 6.04 Å². The molecule has 0 bridgehead atoms. The summed E-state index contributed by atoms with van der Waals surface area (Å²) in [6.45, 7) is 8.86. The molecule has 0 aromatic carbocycles. The van der Waals surface area contributed by atoms with Crippen LogP contribution in [0.4, 0.5) is 0 Å². The molecule has 0 saturated carbocycles. The molecule has 2 rings (SSSR count). The average molecular weight is 229 g/mol. The predicted molar refractivity (Wildman–Crippen MR) is 67.7 cm³/mol. The van der Waals surface area contributed by atoms with Crippen molar-refractivity contribution in [3.05, 3.63) is 0 Å². The summed E-state index contributed by atoms with van der Waals surface area (Å²) in [5.41, 5.74) is 0. The standard InChI is InChI=1S/C11H23N3S/c1-15-8-2-3-13-4-6-14(7-5-13)11-9-12-10-11/h11-12H,2-10H2,1H3. The highest BCUT2D eigenvalue weighted by molar-refractivity contribution is 7.98. The van der Waals surface area contributed by atoms with Gasteiger partial charge >= 0.3 is 0 Å². The van der Waals surface area contributed by atoms with E-state index in [9.17, 15) is 0 Å². The van der Waals surface area contributed by atoms with Gasteiger partial charge in [0, 0.05) is 45.3 Å². The molecule has 2 aliphatic rings. The van der Waals surface area contributed by atoms with Crippen molar-refractivity contribution in [2.24, 2.45) is 0 Å². The molecule has 1 N–H and O–H groups in total. The first-order valence-electron chi connectivity index (χ1n) is 6.06. The summed E-state index contributed by atoms with van der Waals surface area (Å²) in [6.07, 6.45) is 3.55. The van der Waals surface area contributed by atoms with Gasteiger partial charge in [0.05, 0.1) is 0 Å². The first kappa shape index (κ1) is 11.7. The molecule has 0 unspecified atom stereocenters. The van der Waals surface area contributed by atoms with Crippen LogP contribution in [0, 0.1) is 0 Å². The summed E-state index contributed by atoms with van der Waals surface area (Å²) in [5.74, 6) is 1.31. The average Bonchev–Trinajstić information content (AvgIpc) is 2.18. The molecule has 0 aromatic rings. The van der Waals surface area contributed by atoms with Gasteiger partial charge in [-0.1, -0.05) is 0 Å². The third kappa shape index (κ3) is 3.34. The third-order valence-electron chi connectivity index (χ3n) is 3.51. The molecule has 3 nitrogen and oxygen atoms in total. The van der Waals surface area contributed by atoms with Crippen LogP contribution in [0.3, 0.4) is 0 Å². The Morgan fingerprint density at radius 2 is 1.93 bits per heavy atom. The second-order valence-electron chi connectivity index (χ2n) is 4.54. The van der Waals surface area contributed by atoms with Crippen LogP contribution in [0.1, 0.15) is 6.42 Å². The lowest BCUT2D eigenvalue weighted by atomic mass is 10.1. The van der Waals surface area contributed by atoms with Crippen LogP contribution in [0.15, 0.2) is 0 Å². The van der Waals surface area contributed by atoms with Crippen molar-refractivity contribution in [3.8, 4) is 0 Å². The van der Waals surface area contributed by atoms with Crippen molar-refractivity contribution in [2.75, 3.05) is 57.8 Å². The smallest absolute Gasteiger partial charge is 0.0346 e. The fraction of sp³-hybridized carbons (Fsp3) is 1.00. The van der Waals surface area contributed by atoms with Gasteiger partial charge in [-0.25, -0.2) is 0 Å². The number of rotatable bonds is 5. The van der Waals surface area contributed by atoms with Gasteiger partial charge in [-0.05, 0) is 25.0 Å². The minimum atomic E-state index is 0.846. The zero-order chi connectivity index (χ0) is 10.5. The van der Waals surface area contributed by atoms with Crippen LogP contribution in [0.5, 0.6) is 0 Å². The minimum Gasteiger partial charge on any atom is -0.314 e. The molecule has 2 aliphatic heterocycles. The first-order chi connectivity index (χ1) is 7.40. The van der Waals surface area contributed by atoms with Gasteiger partial charge in [0.2, 0.25) is 0 Å². The summed E-state index contributed by atoms with van der Waals surface area (Å²) in [6, 6.07) is 0.846. The van der Waals surface area contributed by atoms with E-state index in [1.165, 1.54) is 58.0 Å². The van der Waals surface area contributed by atoms with Gasteiger partial charge in [0.1, 0.15) is 0 Å². The molecule has 88 valence electrons. The molecule has 0 aromatic heterocycles. The lowest BCUT2D eigenvalue weighted by Gasteiger charge is -2.43. The number of hydrogen-bond acceptors (Lipinski definition) is 4. The van der Waals surface area contributed by atoms with Gasteiger partial charge in [0.15, 0.2) is 0 Å². The van der Waals surface area contributed by atoms with Gasteiger partial charge < -0.3 is 10.2 Å². The normalized spacial score (nSPS) is 25.4. The molecule has 0 aliphatic carbocycles. The quantitative estimate of drug-likeness (QED) is 0.685. The number of thioether (sulfide) groups is 1. The highest BCUT2D eigenvalue weighted by Crippen LogP contribution is 2.10. The van der Waals surface area contributed by atoms with Crippen molar-refractivity contribution in [1.82, 2.24) is 15.1 Å². The van der Waals surface area contributed by atoms with Gasteiger partial charge in [-0.2, -0.15) is 11.8 Å². The third-order valence-corrected chi connectivity index (χ3v) is 4.20. The van der Waals surface area contributed by atoms with Crippen LogP contribution < -0.4 is 5.32 Å². The van der Waals surface area contributed by atoms with Crippen molar-refractivity contribution in [3.63, 3.8) is 0 Å². The Hall–Kier alpha value is 0.230. The highest BCUT2D eigenvalue weighted by atomic mass is 32.2. The first-order valence-corrected chi connectivity index (χ1v) is 7.45. The molecule has 0 atom stereocenters. The summed E-state index contributed by atoms with van der Waals surface area (Å²) in [7, 11) is 0. The Bertz CT molecular complexity index is 177. The lowest BCUT2D eigenvalue weighted by Crippen LogP contribution is -2.61. The van der Waals surface area contributed by atoms with E-state index in [2.05, 4.69) is 21.4 Å². The molecule has 0 radical (unpaired) electrons. The number of nitrogens with one attached hydrogen (secondary N) is 1. The summed E-state index contributed by atoms with van der Waals surface area (Å²) in [4.78, 5) is 5.28. The Morgan fingerprint density at radius 3 is 2.47 bits per heavy atom. The monoisotopic (exact) mass is 229 g/mol. The van der Waals surface area contributed by atoms with E-state index in [4.69, 9.17) is 0 Å². The topological polar surface area (TPSA) is 18.5 Å². The summed E-state index contributed by atoms with van der Waals surface area (Å²) >= 11 is 1.96. The van der Waals surface area contributed by atoms with Crippen molar-refractivity contribution in [2.45, 2.75) is 12.5 Å². The highest BCUT2D eigenvalue weighted by Gasteiger charge is 2.27. The predicted octanol–water partition coefficient (Wildman–Crippen LogP) is 0.329. The van der Waals surface area contributed by atoms with Crippen LogP contribution in [0.2, 0.25) is 0 Å². The fourth-order valence-corrected chi connectivity index (χ4v) is 2.73. The van der Waals surface area contributed by atoms with Crippen molar-refractivity contribution in [1.29, 1.82) is 0 Å². The van der Waals surface area contributed by atoms with Gasteiger partial charge in [0.25, 0.3) is 0 Å². The largest absolute Gasteiger partial charge is 0.314 e. The summed E-state index contributed by atoms with van der Waals surface area (Å²) < 4.78 is 0. The maximum Gasteiger partial charge on any atom is 0.0346 e. The van der Waals surface area contributed by atoms with Crippen molar-refractivity contribution >= 4 is 11.8 Å². The summed E-state index contributed by atoms with van der Waals surface area (Å²) in [5, 5.41) is 3.35. The molecule has 2 heterocycles. The minimum absolute atomic E-state index is 0.846. The van der Waals surface area contributed by atoms with Crippen molar-refractivity contribution < 1.29 is 0 Å². The van der Waals surface area contributed by atoms with E-state index >= 15 is 0 Å². The molecule has 0 amide bonds. The second kappa shape index (κ2) is 6.09.